The average molecular weight is 236 g/mol. The van der Waals surface area contributed by atoms with Crippen molar-refractivity contribution < 1.29 is 10.2 Å². The molecule has 0 aliphatic carbocycles. The van der Waals surface area contributed by atoms with E-state index in [1.807, 2.05) is 13.0 Å². The Kier molecular flexibility index (Phi) is 4.21. The van der Waals surface area contributed by atoms with Gasteiger partial charge in [-0.1, -0.05) is 34.1 Å². The number of aliphatic hydroxyl groups is 1. The number of hydrogen-bond acceptors (Lipinski definition) is 2. The molecule has 1 atom stereocenters. The van der Waals surface area contributed by atoms with E-state index in [1.165, 1.54) is 0 Å². The normalized spacial score (nSPS) is 13.8. The fraction of sp³-hybridized carbons (Fsp3) is 0.600. The van der Waals surface area contributed by atoms with Crippen molar-refractivity contribution in [2.24, 2.45) is 0 Å². The maximum absolute atomic E-state index is 10.1. The molecule has 1 aromatic carbocycles. The summed E-state index contributed by atoms with van der Waals surface area (Å²) in [6.45, 7) is 10.2. The molecule has 1 unspecified atom stereocenters. The highest BCUT2D eigenvalue weighted by atomic mass is 16.3. The molecule has 1 rings (SSSR count). The summed E-state index contributed by atoms with van der Waals surface area (Å²) >= 11 is 0. The van der Waals surface area contributed by atoms with Crippen LogP contribution < -0.4 is 0 Å². The highest BCUT2D eigenvalue weighted by molar-refractivity contribution is 5.45. The van der Waals surface area contributed by atoms with Crippen molar-refractivity contribution >= 4 is 0 Å². The highest BCUT2D eigenvalue weighted by Crippen LogP contribution is 2.35. The fourth-order valence-electron chi connectivity index (χ4n) is 2.10. The Hall–Kier alpha value is -1.02. The standard InChI is InChI=1S/C15H24O2/c1-6-7-13(16)11-9-12(15(3,4)5)14(17)8-10(11)2/h8-9,13,16-17H,6-7H2,1-5H3. The van der Waals surface area contributed by atoms with Crippen LogP contribution in [-0.4, -0.2) is 10.2 Å². The van der Waals surface area contributed by atoms with E-state index >= 15 is 0 Å². The van der Waals surface area contributed by atoms with Gasteiger partial charge < -0.3 is 10.2 Å². The van der Waals surface area contributed by atoms with Gasteiger partial charge in [-0.25, -0.2) is 0 Å². The summed E-state index contributed by atoms with van der Waals surface area (Å²) in [6, 6.07) is 3.71. The number of rotatable bonds is 3. The SMILES string of the molecule is CCCC(O)c1cc(C(C)(C)C)c(O)cc1C. The van der Waals surface area contributed by atoms with Crippen molar-refractivity contribution in [3.63, 3.8) is 0 Å². The third-order valence-electron chi connectivity index (χ3n) is 3.11. The number of phenols is 1. The van der Waals surface area contributed by atoms with E-state index in [0.717, 1.165) is 29.5 Å². The van der Waals surface area contributed by atoms with Crippen molar-refractivity contribution in [1.82, 2.24) is 0 Å². The first-order valence-electron chi connectivity index (χ1n) is 6.29. The van der Waals surface area contributed by atoms with Gasteiger partial charge >= 0.3 is 0 Å². The Balaban J connectivity index is 3.24. The molecular formula is C15H24O2. The molecule has 96 valence electrons. The summed E-state index contributed by atoms with van der Waals surface area (Å²) in [7, 11) is 0. The molecule has 1 aromatic rings. The molecule has 0 amide bonds. The van der Waals surface area contributed by atoms with Crippen LogP contribution >= 0.6 is 0 Å². The van der Waals surface area contributed by atoms with Crippen LogP contribution in [0.25, 0.3) is 0 Å². The maximum atomic E-state index is 10.1. The smallest absolute Gasteiger partial charge is 0.119 e. The lowest BCUT2D eigenvalue weighted by atomic mass is 9.83. The van der Waals surface area contributed by atoms with Crippen LogP contribution in [0.5, 0.6) is 5.75 Å². The van der Waals surface area contributed by atoms with Crippen molar-refractivity contribution in [3.8, 4) is 5.75 Å². The van der Waals surface area contributed by atoms with Gasteiger partial charge in [-0.2, -0.15) is 0 Å². The zero-order valence-electron chi connectivity index (χ0n) is 11.5. The van der Waals surface area contributed by atoms with E-state index in [0.29, 0.717) is 5.75 Å². The molecule has 0 spiro atoms. The average Bonchev–Trinajstić information content (AvgIpc) is 2.15. The minimum Gasteiger partial charge on any atom is -0.508 e. The zero-order chi connectivity index (χ0) is 13.2. The first kappa shape index (κ1) is 14.0. The first-order chi connectivity index (χ1) is 7.77. The molecule has 0 saturated carbocycles. The van der Waals surface area contributed by atoms with Crippen molar-refractivity contribution in [1.29, 1.82) is 0 Å². The Morgan fingerprint density at radius 1 is 1.24 bits per heavy atom. The Bertz CT molecular complexity index is 389. The molecule has 0 heterocycles. The third kappa shape index (κ3) is 3.22. The van der Waals surface area contributed by atoms with E-state index in [4.69, 9.17) is 0 Å². The number of phenolic OH excluding ortho intramolecular Hbond substituents is 1. The fourth-order valence-corrected chi connectivity index (χ4v) is 2.10. The quantitative estimate of drug-likeness (QED) is 0.837. The molecule has 2 heteroatoms. The predicted molar refractivity (Wildman–Crippen MR) is 71.4 cm³/mol. The summed E-state index contributed by atoms with van der Waals surface area (Å²) in [5.74, 6) is 0.322. The van der Waals surface area contributed by atoms with Crippen LogP contribution in [0.2, 0.25) is 0 Å². The summed E-state index contributed by atoms with van der Waals surface area (Å²) in [5.41, 5.74) is 2.68. The summed E-state index contributed by atoms with van der Waals surface area (Å²) in [6.07, 6.45) is 1.28. The largest absolute Gasteiger partial charge is 0.508 e. The minimum atomic E-state index is -0.429. The molecule has 0 saturated heterocycles. The number of aryl methyl sites for hydroxylation is 1. The molecular weight excluding hydrogens is 212 g/mol. The molecule has 2 nitrogen and oxygen atoms in total. The highest BCUT2D eigenvalue weighted by Gasteiger charge is 2.21. The van der Waals surface area contributed by atoms with E-state index in [1.54, 1.807) is 6.07 Å². The van der Waals surface area contributed by atoms with Crippen LogP contribution in [0.3, 0.4) is 0 Å². The number of benzene rings is 1. The molecule has 0 aromatic heterocycles. The molecule has 17 heavy (non-hydrogen) atoms. The van der Waals surface area contributed by atoms with Crippen molar-refractivity contribution in [2.75, 3.05) is 0 Å². The summed E-state index contributed by atoms with van der Waals surface area (Å²) < 4.78 is 0. The second kappa shape index (κ2) is 5.09. The summed E-state index contributed by atoms with van der Waals surface area (Å²) in [5, 5.41) is 20.1. The molecule has 0 fully saturated rings. The second-order valence-corrected chi connectivity index (χ2v) is 5.78. The van der Waals surface area contributed by atoms with Gasteiger partial charge in [0, 0.05) is 0 Å². The third-order valence-corrected chi connectivity index (χ3v) is 3.11. The lowest BCUT2D eigenvalue weighted by Gasteiger charge is -2.23. The van der Waals surface area contributed by atoms with Crippen molar-refractivity contribution in [3.05, 3.63) is 28.8 Å². The van der Waals surface area contributed by atoms with Gasteiger partial charge in [0.25, 0.3) is 0 Å². The van der Waals surface area contributed by atoms with Gasteiger partial charge in [0.2, 0.25) is 0 Å². The zero-order valence-corrected chi connectivity index (χ0v) is 11.5. The Morgan fingerprint density at radius 2 is 1.82 bits per heavy atom. The second-order valence-electron chi connectivity index (χ2n) is 5.78. The van der Waals surface area contributed by atoms with Gasteiger partial charge in [0.05, 0.1) is 6.10 Å². The lowest BCUT2D eigenvalue weighted by Crippen LogP contribution is -2.13. The van der Waals surface area contributed by atoms with E-state index in [9.17, 15) is 10.2 Å². The van der Waals surface area contributed by atoms with Crippen LogP contribution in [0.15, 0.2) is 12.1 Å². The predicted octanol–water partition coefficient (Wildman–Crippen LogP) is 3.83. The van der Waals surface area contributed by atoms with Crippen LogP contribution in [0.1, 0.15) is 63.3 Å². The van der Waals surface area contributed by atoms with Crippen LogP contribution in [-0.2, 0) is 5.41 Å². The minimum absolute atomic E-state index is 0.113. The van der Waals surface area contributed by atoms with E-state index in [-0.39, 0.29) is 5.41 Å². The molecule has 0 aliphatic heterocycles. The van der Waals surface area contributed by atoms with Gasteiger partial charge in [-0.15, -0.1) is 0 Å². The van der Waals surface area contributed by atoms with Crippen LogP contribution in [0.4, 0.5) is 0 Å². The first-order valence-corrected chi connectivity index (χ1v) is 6.29. The Labute approximate surface area is 104 Å². The molecule has 0 aliphatic rings. The van der Waals surface area contributed by atoms with Gasteiger partial charge in [0.1, 0.15) is 5.75 Å². The van der Waals surface area contributed by atoms with Gasteiger partial charge in [0.15, 0.2) is 0 Å². The maximum Gasteiger partial charge on any atom is 0.119 e. The van der Waals surface area contributed by atoms with Gasteiger partial charge in [-0.3, -0.25) is 0 Å². The molecule has 0 bridgehead atoms. The van der Waals surface area contributed by atoms with Gasteiger partial charge in [-0.05, 0) is 47.6 Å². The topological polar surface area (TPSA) is 40.5 Å². The van der Waals surface area contributed by atoms with E-state index < -0.39 is 6.10 Å². The van der Waals surface area contributed by atoms with Crippen molar-refractivity contribution in [2.45, 2.75) is 59.0 Å². The number of aliphatic hydroxyl groups excluding tert-OH is 1. The molecule has 0 radical (unpaired) electrons. The Morgan fingerprint density at radius 3 is 2.29 bits per heavy atom. The lowest BCUT2D eigenvalue weighted by molar-refractivity contribution is 0.165. The van der Waals surface area contributed by atoms with E-state index in [2.05, 4.69) is 27.7 Å². The number of aromatic hydroxyl groups is 1. The summed E-state index contributed by atoms with van der Waals surface area (Å²) in [4.78, 5) is 0. The van der Waals surface area contributed by atoms with Crippen LogP contribution in [0, 0.1) is 6.92 Å². The molecule has 2 N–H and O–H groups in total. The number of hydrogen-bond donors (Lipinski definition) is 2. The monoisotopic (exact) mass is 236 g/mol.